The molecule has 2 aromatic carbocycles. The average molecular weight is 269 g/mol. The lowest BCUT2D eigenvalue weighted by Crippen LogP contribution is -2.02. The molecular formula is C16H15NO3. The first-order valence-electron chi connectivity index (χ1n) is 6.56. The van der Waals surface area contributed by atoms with E-state index in [2.05, 4.69) is 6.07 Å². The number of aryl methyl sites for hydroxylation is 2. The molecule has 4 nitrogen and oxygen atoms in total. The van der Waals surface area contributed by atoms with Crippen LogP contribution in [0.5, 0.6) is 11.5 Å². The zero-order valence-electron chi connectivity index (χ0n) is 10.9. The van der Waals surface area contributed by atoms with Crippen molar-refractivity contribution in [1.29, 1.82) is 0 Å². The van der Waals surface area contributed by atoms with E-state index in [-0.39, 0.29) is 11.3 Å². The van der Waals surface area contributed by atoms with Gasteiger partial charge in [-0.3, -0.25) is 0 Å². The summed E-state index contributed by atoms with van der Waals surface area (Å²) in [4.78, 5) is 10.9. The molecule has 0 radical (unpaired) electrons. The van der Waals surface area contributed by atoms with E-state index in [1.807, 2.05) is 12.1 Å². The van der Waals surface area contributed by atoms with Crippen LogP contribution in [-0.2, 0) is 12.8 Å². The van der Waals surface area contributed by atoms with Crippen LogP contribution in [-0.4, -0.2) is 11.1 Å². The zero-order chi connectivity index (χ0) is 14.1. The van der Waals surface area contributed by atoms with E-state index >= 15 is 0 Å². The van der Waals surface area contributed by atoms with Crippen LogP contribution in [0.25, 0.3) is 0 Å². The Kier molecular flexibility index (Phi) is 3.06. The van der Waals surface area contributed by atoms with Crippen LogP contribution in [0.3, 0.4) is 0 Å². The number of aromatic carboxylic acids is 1. The van der Waals surface area contributed by atoms with E-state index in [9.17, 15) is 4.79 Å². The summed E-state index contributed by atoms with van der Waals surface area (Å²) in [5.74, 6) is 0.269. The summed E-state index contributed by atoms with van der Waals surface area (Å²) in [6, 6.07) is 10.7. The molecule has 1 aliphatic rings. The minimum absolute atomic E-state index is 0.0892. The maximum absolute atomic E-state index is 10.9. The molecular weight excluding hydrogens is 254 g/mol. The van der Waals surface area contributed by atoms with Crippen LogP contribution in [0.4, 0.5) is 5.69 Å². The van der Waals surface area contributed by atoms with Gasteiger partial charge in [0.05, 0.1) is 5.56 Å². The minimum Gasteiger partial charge on any atom is -0.478 e. The lowest BCUT2D eigenvalue weighted by Gasteiger charge is -2.09. The van der Waals surface area contributed by atoms with Gasteiger partial charge in [0.2, 0.25) is 0 Å². The molecule has 4 heteroatoms. The van der Waals surface area contributed by atoms with Gasteiger partial charge in [0.1, 0.15) is 11.5 Å². The molecule has 0 heterocycles. The SMILES string of the molecule is Nc1cc(Oc2ccc3c(c2)CCC3)ccc1C(=O)O. The molecule has 2 aromatic rings. The standard InChI is InChI=1S/C16H15NO3/c17-15-9-13(6-7-14(15)16(18)19)20-12-5-4-10-2-1-3-11(10)8-12/h4-9H,1-3,17H2,(H,18,19). The molecule has 1 aliphatic carbocycles. The molecule has 0 amide bonds. The lowest BCUT2D eigenvalue weighted by atomic mass is 10.1. The third kappa shape index (κ3) is 2.32. The number of hydrogen-bond acceptors (Lipinski definition) is 3. The van der Waals surface area contributed by atoms with Gasteiger partial charge in [0.15, 0.2) is 0 Å². The third-order valence-corrected chi connectivity index (χ3v) is 3.56. The number of nitrogens with two attached hydrogens (primary N) is 1. The molecule has 0 unspecified atom stereocenters. The van der Waals surface area contributed by atoms with Crippen LogP contribution in [0.15, 0.2) is 36.4 Å². The van der Waals surface area contributed by atoms with Crippen molar-refractivity contribution in [2.75, 3.05) is 5.73 Å². The quantitative estimate of drug-likeness (QED) is 0.839. The number of fused-ring (bicyclic) bond motifs is 1. The van der Waals surface area contributed by atoms with Crippen molar-refractivity contribution >= 4 is 11.7 Å². The van der Waals surface area contributed by atoms with Crippen molar-refractivity contribution in [3.8, 4) is 11.5 Å². The van der Waals surface area contributed by atoms with Crippen molar-refractivity contribution in [3.05, 3.63) is 53.1 Å². The summed E-state index contributed by atoms with van der Waals surface area (Å²) in [5, 5.41) is 8.93. The zero-order valence-corrected chi connectivity index (χ0v) is 10.9. The van der Waals surface area contributed by atoms with Crippen LogP contribution in [0.2, 0.25) is 0 Å². The van der Waals surface area contributed by atoms with E-state index in [1.165, 1.54) is 29.7 Å². The molecule has 0 aromatic heterocycles. The van der Waals surface area contributed by atoms with E-state index in [1.54, 1.807) is 6.07 Å². The number of carboxylic acid groups (broad SMARTS) is 1. The second-order valence-electron chi connectivity index (χ2n) is 4.94. The first kappa shape index (κ1) is 12.5. The van der Waals surface area contributed by atoms with Gasteiger partial charge in [0, 0.05) is 11.8 Å². The van der Waals surface area contributed by atoms with Gasteiger partial charge in [0.25, 0.3) is 0 Å². The molecule has 0 fully saturated rings. The smallest absolute Gasteiger partial charge is 0.337 e. The highest BCUT2D eigenvalue weighted by molar-refractivity contribution is 5.93. The first-order valence-corrected chi connectivity index (χ1v) is 6.56. The predicted octanol–water partition coefficient (Wildman–Crippen LogP) is 3.25. The fraction of sp³-hybridized carbons (Fsp3) is 0.188. The topological polar surface area (TPSA) is 72.5 Å². The van der Waals surface area contributed by atoms with Crippen LogP contribution in [0, 0.1) is 0 Å². The van der Waals surface area contributed by atoms with Crippen LogP contribution in [0.1, 0.15) is 27.9 Å². The minimum atomic E-state index is -1.04. The molecule has 0 aliphatic heterocycles. The summed E-state index contributed by atoms with van der Waals surface area (Å²) in [7, 11) is 0. The molecule has 102 valence electrons. The molecule has 20 heavy (non-hydrogen) atoms. The van der Waals surface area contributed by atoms with Gasteiger partial charge in [-0.05, 0) is 54.7 Å². The highest BCUT2D eigenvalue weighted by atomic mass is 16.5. The van der Waals surface area contributed by atoms with Crippen LogP contribution >= 0.6 is 0 Å². The first-order chi connectivity index (χ1) is 9.63. The Bertz CT molecular complexity index is 679. The largest absolute Gasteiger partial charge is 0.478 e. The molecule has 3 rings (SSSR count). The molecule has 0 spiro atoms. The van der Waals surface area contributed by atoms with Crippen molar-refractivity contribution in [2.24, 2.45) is 0 Å². The number of ether oxygens (including phenoxy) is 1. The highest BCUT2D eigenvalue weighted by Gasteiger charge is 2.12. The van der Waals surface area contributed by atoms with Gasteiger partial charge in [-0.25, -0.2) is 4.79 Å². The normalized spacial score (nSPS) is 13.0. The molecule has 0 saturated heterocycles. The van der Waals surface area contributed by atoms with E-state index in [0.29, 0.717) is 5.75 Å². The Hall–Kier alpha value is -2.49. The second kappa shape index (κ2) is 4.89. The number of carbonyl (C=O) groups is 1. The fourth-order valence-electron chi connectivity index (χ4n) is 2.55. The van der Waals surface area contributed by atoms with Crippen molar-refractivity contribution in [1.82, 2.24) is 0 Å². The number of carboxylic acids is 1. The molecule has 3 N–H and O–H groups in total. The Balaban J connectivity index is 1.84. The van der Waals surface area contributed by atoms with Crippen molar-refractivity contribution in [3.63, 3.8) is 0 Å². The monoisotopic (exact) mass is 269 g/mol. The third-order valence-electron chi connectivity index (χ3n) is 3.56. The van der Waals surface area contributed by atoms with Gasteiger partial charge in [-0.2, -0.15) is 0 Å². The number of anilines is 1. The lowest BCUT2D eigenvalue weighted by molar-refractivity contribution is 0.0698. The maximum atomic E-state index is 10.9. The van der Waals surface area contributed by atoms with Gasteiger partial charge >= 0.3 is 5.97 Å². The predicted molar refractivity (Wildman–Crippen MR) is 76.4 cm³/mol. The summed E-state index contributed by atoms with van der Waals surface area (Å²) in [5.41, 5.74) is 8.72. The van der Waals surface area contributed by atoms with Crippen LogP contribution < -0.4 is 10.5 Å². The summed E-state index contributed by atoms with van der Waals surface area (Å²) < 4.78 is 5.75. The van der Waals surface area contributed by atoms with E-state index in [4.69, 9.17) is 15.6 Å². The van der Waals surface area contributed by atoms with Gasteiger partial charge < -0.3 is 15.6 Å². The Morgan fingerprint density at radius 3 is 2.50 bits per heavy atom. The van der Waals surface area contributed by atoms with Crippen molar-refractivity contribution in [2.45, 2.75) is 19.3 Å². The summed E-state index contributed by atoms with van der Waals surface area (Å²) >= 11 is 0. The summed E-state index contributed by atoms with van der Waals surface area (Å²) in [6.45, 7) is 0. The Morgan fingerprint density at radius 1 is 1.05 bits per heavy atom. The summed E-state index contributed by atoms with van der Waals surface area (Å²) in [6.07, 6.45) is 3.42. The number of rotatable bonds is 3. The number of nitrogen functional groups attached to an aromatic ring is 1. The van der Waals surface area contributed by atoms with E-state index in [0.717, 1.165) is 18.6 Å². The van der Waals surface area contributed by atoms with Crippen molar-refractivity contribution < 1.29 is 14.6 Å². The highest BCUT2D eigenvalue weighted by Crippen LogP contribution is 2.30. The Morgan fingerprint density at radius 2 is 1.75 bits per heavy atom. The average Bonchev–Trinajstić information content (AvgIpc) is 2.85. The molecule has 0 saturated carbocycles. The maximum Gasteiger partial charge on any atom is 0.337 e. The number of hydrogen-bond donors (Lipinski definition) is 2. The number of benzene rings is 2. The molecule has 0 bridgehead atoms. The van der Waals surface area contributed by atoms with Gasteiger partial charge in [-0.1, -0.05) is 6.07 Å². The van der Waals surface area contributed by atoms with E-state index < -0.39 is 5.97 Å². The van der Waals surface area contributed by atoms with Gasteiger partial charge in [-0.15, -0.1) is 0 Å². The second-order valence-corrected chi connectivity index (χ2v) is 4.94. The molecule has 0 atom stereocenters. The Labute approximate surface area is 116 Å². The fourth-order valence-corrected chi connectivity index (χ4v) is 2.55.